The number of thioether (sulfide) groups is 1. The molecule has 0 saturated carbocycles. The molecule has 0 aromatic rings. The van der Waals surface area contributed by atoms with Crippen LogP contribution in [0.3, 0.4) is 0 Å². The molecule has 0 aliphatic carbocycles. The van der Waals surface area contributed by atoms with Crippen molar-refractivity contribution in [2.45, 2.75) is 95.6 Å². The van der Waals surface area contributed by atoms with Crippen molar-refractivity contribution in [2.75, 3.05) is 43.6 Å². The number of hydrogen-bond donors (Lipinski definition) is 9. The number of allylic oxidation sites excluding steroid dienone is 1. The number of nitrogens with one attached hydrogen (secondary N) is 2. The van der Waals surface area contributed by atoms with Crippen molar-refractivity contribution in [3.05, 3.63) is 12.7 Å². The summed E-state index contributed by atoms with van der Waals surface area (Å²) in [6.45, 7) is 4.77. The van der Waals surface area contributed by atoms with Crippen molar-refractivity contribution < 1.29 is 68.4 Å². The average Bonchev–Trinajstić information content (AvgIpc) is 3.11. The normalized spacial score (nSPS) is 10.4. The Hall–Kier alpha value is -3.74. The molecule has 0 aromatic heterocycles. The number of rotatable bonds is 27. The van der Waals surface area contributed by atoms with Crippen LogP contribution in [0.5, 0.6) is 0 Å². The van der Waals surface area contributed by atoms with Gasteiger partial charge < -0.3 is 42.5 Å². The first-order valence-corrected chi connectivity index (χ1v) is 18.0. The van der Waals surface area contributed by atoms with E-state index in [2.05, 4.69) is 29.8 Å². The highest BCUT2D eigenvalue weighted by Crippen LogP contribution is 2.11. The zero-order chi connectivity index (χ0) is 41.0. The first-order valence-electron chi connectivity index (χ1n) is 16.2. The summed E-state index contributed by atoms with van der Waals surface area (Å²) in [7, 11) is 0. The molecule has 2 atom stereocenters. The SMILES string of the molecule is C=CCCCO.NCCCC(=O)N[C@@H](CS)C(=O)CCC(=O)O.NCCCC(=O)N[C@@H](CSCCCCCO)C(=O)CCC(=O)O.O=C=O.O=C=O. The van der Waals surface area contributed by atoms with E-state index in [9.17, 15) is 28.8 Å². The molecular weight excluding hydrogens is 729 g/mol. The van der Waals surface area contributed by atoms with Crippen LogP contribution in [0.4, 0.5) is 0 Å². The third-order valence-corrected chi connectivity index (χ3v) is 7.33. The molecule has 300 valence electrons. The monoisotopic (exact) mass is 784 g/mol. The molecule has 0 radical (unpaired) electrons. The number of nitrogens with two attached hydrogens (primary N) is 2. The first kappa shape index (κ1) is 57.6. The number of unbranched alkanes of at least 4 members (excludes halogenated alkanes) is 3. The number of carbonyl (C=O) groups is 6. The van der Waals surface area contributed by atoms with Gasteiger partial charge in [0.25, 0.3) is 0 Å². The minimum atomic E-state index is -1.04. The molecule has 0 spiro atoms. The highest BCUT2D eigenvalue weighted by Gasteiger charge is 2.21. The minimum Gasteiger partial charge on any atom is -0.481 e. The van der Waals surface area contributed by atoms with E-state index in [0.29, 0.717) is 31.7 Å². The van der Waals surface area contributed by atoms with Crippen molar-refractivity contribution >= 4 is 72.0 Å². The number of aliphatic hydroxyl groups is 2. The van der Waals surface area contributed by atoms with Gasteiger partial charge in [-0.3, -0.25) is 28.8 Å². The van der Waals surface area contributed by atoms with E-state index in [1.54, 1.807) is 17.8 Å². The molecule has 0 bridgehead atoms. The number of Topliss-reactive ketones (excluding diaryl/α,β-unsaturated/α-hetero) is 2. The lowest BCUT2D eigenvalue weighted by molar-refractivity contribution is -0.193. The topological polar surface area (TPSA) is 328 Å². The third kappa shape index (κ3) is 50.6. The van der Waals surface area contributed by atoms with Crippen LogP contribution in [-0.4, -0.2) is 124 Å². The number of carboxylic acids is 2. The number of ketones is 2. The summed E-state index contributed by atoms with van der Waals surface area (Å²) in [4.78, 5) is 100. The zero-order valence-corrected chi connectivity index (χ0v) is 31.2. The van der Waals surface area contributed by atoms with Gasteiger partial charge in [-0.05, 0) is 57.4 Å². The highest BCUT2D eigenvalue weighted by atomic mass is 32.2. The standard InChI is InChI=1S/C15H28N2O5S.C10H18N2O4S.C5H10O.2CO2/c16-8-4-5-14(20)17-12(13(19)6-7-15(21)22)11-23-10-3-1-2-9-18;11-5-1-2-9(14)12-7(6-17)8(13)3-4-10(15)16;1-2-3-4-5-6;2*2-1-3/h12,18H,1-11,16H2,(H,17,20)(H,21,22);7,17H,1-6,11H2,(H,12,14)(H,15,16);2,6H,1,3-5H2;;/t12-;7-;;;/m00.../s1. The van der Waals surface area contributed by atoms with E-state index in [1.165, 1.54) is 0 Å². The van der Waals surface area contributed by atoms with Crippen LogP contribution in [0.15, 0.2) is 12.7 Å². The number of amides is 2. The molecule has 0 heterocycles. The molecule has 20 heteroatoms. The molecule has 0 unspecified atom stereocenters. The number of carbonyl (C=O) groups excluding carboxylic acids is 8. The van der Waals surface area contributed by atoms with Crippen LogP contribution in [0, 0.1) is 0 Å². The second-order valence-corrected chi connectivity index (χ2v) is 11.6. The number of aliphatic carboxylic acids is 2. The van der Waals surface area contributed by atoms with Crippen molar-refractivity contribution in [3.8, 4) is 0 Å². The predicted molar refractivity (Wildman–Crippen MR) is 193 cm³/mol. The van der Waals surface area contributed by atoms with E-state index in [0.717, 1.165) is 37.9 Å². The fourth-order valence-corrected chi connectivity index (χ4v) is 4.61. The number of aliphatic hydroxyl groups excluding tert-OH is 2. The molecule has 0 saturated heterocycles. The van der Waals surface area contributed by atoms with E-state index in [4.69, 9.17) is 51.1 Å². The van der Waals surface area contributed by atoms with Gasteiger partial charge in [0.2, 0.25) is 11.8 Å². The van der Waals surface area contributed by atoms with Gasteiger partial charge in [0, 0.05) is 50.4 Å². The van der Waals surface area contributed by atoms with E-state index < -0.39 is 24.0 Å². The van der Waals surface area contributed by atoms with Crippen molar-refractivity contribution in [3.63, 3.8) is 0 Å². The lowest BCUT2D eigenvalue weighted by Crippen LogP contribution is -2.43. The summed E-state index contributed by atoms with van der Waals surface area (Å²) < 4.78 is 0. The Labute approximate surface area is 313 Å². The first-order chi connectivity index (χ1) is 24.8. The van der Waals surface area contributed by atoms with Crippen LogP contribution < -0.4 is 22.1 Å². The molecular formula is C32H56N4O14S2. The Morgan fingerprint density at radius 1 is 0.673 bits per heavy atom. The number of carboxylic acid groups (broad SMARTS) is 2. The van der Waals surface area contributed by atoms with Crippen LogP contribution in [-0.2, 0) is 47.9 Å². The Balaban J connectivity index is -0.000000220. The van der Waals surface area contributed by atoms with Gasteiger partial charge >= 0.3 is 24.2 Å². The second-order valence-electron chi connectivity index (χ2n) is 10.1. The maximum absolute atomic E-state index is 12.1. The van der Waals surface area contributed by atoms with Gasteiger partial charge in [-0.25, -0.2) is 0 Å². The maximum atomic E-state index is 12.1. The van der Waals surface area contributed by atoms with E-state index in [-0.39, 0.29) is 93.2 Å². The van der Waals surface area contributed by atoms with Gasteiger partial charge in [-0.15, -0.1) is 6.58 Å². The Kier molecular flexibility index (Phi) is 52.3. The molecule has 0 aliphatic rings. The smallest absolute Gasteiger partial charge is 0.373 e. The lowest BCUT2D eigenvalue weighted by atomic mass is 10.1. The Bertz CT molecular complexity index is 1030. The molecule has 0 aliphatic heterocycles. The fourth-order valence-electron chi connectivity index (χ4n) is 3.24. The van der Waals surface area contributed by atoms with Gasteiger partial charge in [-0.1, -0.05) is 12.5 Å². The van der Waals surface area contributed by atoms with Gasteiger partial charge in [0.1, 0.15) is 0 Å². The molecule has 0 fully saturated rings. The highest BCUT2D eigenvalue weighted by molar-refractivity contribution is 7.99. The molecule has 0 aromatic carbocycles. The zero-order valence-electron chi connectivity index (χ0n) is 29.5. The molecule has 18 nitrogen and oxygen atoms in total. The largest absolute Gasteiger partial charge is 0.481 e. The average molecular weight is 785 g/mol. The van der Waals surface area contributed by atoms with Gasteiger partial charge in [0.15, 0.2) is 11.6 Å². The molecule has 0 rings (SSSR count). The van der Waals surface area contributed by atoms with Crippen molar-refractivity contribution in [2.24, 2.45) is 11.5 Å². The van der Waals surface area contributed by atoms with Crippen molar-refractivity contribution in [1.82, 2.24) is 10.6 Å². The van der Waals surface area contributed by atoms with Crippen LogP contribution in [0.1, 0.15) is 83.5 Å². The summed E-state index contributed by atoms with van der Waals surface area (Å²) in [5.41, 5.74) is 10.6. The third-order valence-electron chi connectivity index (χ3n) is 5.81. The Morgan fingerprint density at radius 2 is 1.10 bits per heavy atom. The summed E-state index contributed by atoms with van der Waals surface area (Å²) in [5.74, 6) is -1.70. The summed E-state index contributed by atoms with van der Waals surface area (Å²) in [6, 6.07) is -1.37. The molecule has 2 amide bonds. The fraction of sp³-hybridized carbons (Fsp3) is 0.688. The number of hydrogen-bond acceptors (Lipinski definition) is 16. The second kappa shape index (κ2) is 47.3. The quantitative estimate of drug-likeness (QED) is 0.0298. The van der Waals surface area contributed by atoms with Gasteiger partial charge in [-0.2, -0.15) is 43.6 Å². The summed E-state index contributed by atoms with van der Waals surface area (Å²) >= 11 is 5.51. The minimum absolute atomic E-state index is 0.0811. The molecule has 52 heavy (non-hydrogen) atoms. The molecule has 10 N–H and O–H groups in total. The van der Waals surface area contributed by atoms with E-state index in [1.807, 2.05) is 0 Å². The van der Waals surface area contributed by atoms with Crippen LogP contribution in [0.2, 0.25) is 0 Å². The number of thiol groups is 1. The Morgan fingerprint density at radius 3 is 1.44 bits per heavy atom. The predicted octanol–water partition coefficient (Wildman–Crippen LogP) is -0.108. The van der Waals surface area contributed by atoms with Crippen LogP contribution in [0.25, 0.3) is 0 Å². The summed E-state index contributed by atoms with van der Waals surface area (Å²) in [5, 5.41) is 39.1. The van der Waals surface area contributed by atoms with Crippen molar-refractivity contribution in [1.29, 1.82) is 0 Å². The maximum Gasteiger partial charge on any atom is 0.373 e. The lowest BCUT2D eigenvalue weighted by Gasteiger charge is -2.17. The van der Waals surface area contributed by atoms with Gasteiger partial charge in [0.05, 0.1) is 24.9 Å². The van der Waals surface area contributed by atoms with E-state index >= 15 is 0 Å². The summed E-state index contributed by atoms with van der Waals surface area (Å²) in [6.07, 6.45) is 7.68. The van der Waals surface area contributed by atoms with Crippen LogP contribution >= 0.6 is 24.4 Å².